The molecule has 254 valence electrons. The van der Waals surface area contributed by atoms with Gasteiger partial charge in [0.15, 0.2) is 0 Å². The fraction of sp³-hybridized carbons (Fsp3) is 0.389. The highest BCUT2D eigenvalue weighted by Crippen LogP contribution is 2.39. The SMILES string of the molecule is C=CC(=O)Nc1cc(Nc2nccc(-c3c4n(c5ccccc35)CCOC4)n2)c(OC)cc1N(C)CCOC(=O)N(C(C)C)C(C)(C)C. The summed E-state index contributed by atoms with van der Waals surface area (Å²) in [6, 6.07) is 13.7. The number of aromatic nitrogens is 3. The summed E-state index contributed by atoms with van der Waals surface area (Å²) in [5, 5.41) is 7.28. The highest BCUT2D eigenvalue weighted by Gasteiger charge is 2.30. The second-order valence-electron chi connectivity index (χ2n) is 12.9. The molecule has 0 spiro atoms. The Labute approximate surface area is 281 Å². The number of hydrogen-bond acceptors (Lipinski definition) is 9. The Kier molecular flexibility index (Phi) is 10.2. The van der Waals surface area contributed by atoms with E-state index in [0.717, 1.165) is 34.4 Å². The summed E-state index contributed by atoms with van der Waals surface area (Å²) in [6.07, 6.45) is 2.53. The number of carbonyl (C=O) groups is 2. The molecule has 12 heteroatoms. The third-order valence-electron chi connectivity index (χ3n) is 8.20. The Bertz CT molecular complexity index is 1810. The van der Waals surface area contributed by atoms with Gasteiger partial charge in [-0.2, -0.15) is 0 Å². The van der Waals surface area contributed by atoms with Crippen LogP contribution in [0.25, 0.3) is 22.2 Å². The third-order valence-corrected chi connectivity index (χ3v) is 8.20. The number of amides is 2. The van der Waals surface area contributed by atoms with Gasteiger partial charge in [-0.15, -0.1) is 0 Å². The maximum atomic E-state index is 12.9. The van der Waals surface area contributed by atoms with Crippen LogP contribution < -0.4 is 20.3 Å². The minimum atomic E-state index is -0.386. The van der Waals surface area contributed by atoms with Crippen LogP contribution in [0.3, 0.4) is 0 Å². The largest absolute Gasteiger partial charge is 0.494 e. The lowest BCUT2D eigenvalue weighted by atomic mass is 10.0. The first-order chi connectivity index (χ1) is 22.9. The minimum Gasteiger partial charge on any atom is -0.494 e. The number of hydrogen-bond donors (Lipinski definition) is 2. The number of likely N-dealkylation sites (N-methyl/N-ethyl adjacent to an activating group) is 1. The van der Waals surface area contributed by atoms with Crippen molar-refractivity contribution in [3.05, 3.63) is 67.0 Å². The van der Waals surface area contributed by atoms with Crippen LogP contribution in [-0.4, -0.2) is 76.9 Å². The Morgan fingerprint density at radius 3 is 2.65 bits per heavy atom. The van der Waals surface area contributed by atoms with E-state index in [1.807, 2.05) is 64.8 Å². The van der Waals surface area contributed by atoms with Crippen LogP contribution in [0.1, 0.15) is 40.3 Å². The van der Waals surface area contributed by atoms with Gasteiger partial charge in [0.25, 0.3) is 0 Å². The first-order valence-corrected chi connectivity index (χ1v) is 16.0. The predicted molar refractivity (Wildman–Crippen MR) is 189 cm³/mol. The molecule has 2 aromatic carbocycles. The summed E-state index contributed by atoms with van der Waals surface area (Å²) in [5.41, 5.74) is 5.30. The Morgan fingerprint density at radius 2 is 1.94 bits per heavy atom. The van der Waals surface area contributed by atoms with Gasteiger partial charge in [-0.05, 0) is 58.9 Å². The number of fused-ring (bicyclic) bond motifs is 3. The Balaban J connectivity index is 1.42. The number of methoxy groups -OCH3 is 1. The van der Waals surface area contributed by atoms with Gasteiger partial charge < -0.3 is 39.2 Å². The summed E-state index contributed by atoms with van der Waals surface area (Å²) in [5.74, 6) is 0.475. The maximum Gasteiger partial charge on any atom is 0.410 e. The number of rotatable bonds is 11. The number of para-hydroxylation sites is 1. The monoisotopic (exact) mass is 655 g/mol. The molecule has 0 saturated carbocycles. The Morgan fingerprint density at radius 1 is 1.17 bits per heavy atom. The quantitative estimate of drug-likeness (QED) is 0.172. The van der Waals surface area contributed by atoms with E-state index in [1.54, 1.807) is 30.3 Å². The smallest absolute Gasteiger partial charge is 0.410 e. The number of nitrogens with one attached hydrogen (secondary N) is 2. The molecule has 12 nitrogen and oxygen atoms in total. The van der Waals surface area contributed by atoms with Crippen LogP contribution in [0.2, 0.25) is 0 Å². The summed E-state index contributed by atoms with van der Waals surface area (Å²) in [7, 11) is 3.42. The van der Waals surface area contributed by atoms with Gasteiger partial charge in [0.2, 0.25) is 11.9 Å². The van der Waals surface area contributed by atoms with Crippen molar-refractivity contribution in [1.82, 2.24) is 19.4 Å². The van der Waals surface area contributed by atoms with Gasteiger partial charge in [0, 0.05) is 53.9 Å². The average Bonchev–Trinajstić information content (AvgIpc) is 3.38. The van der Waals surface area contributed by atoms with Gasteiger partial charge in [-0.25, -0.2) is 14.8 Å². The molecule has 5 rings (SSSR count). The Hall–Kier alpha value is -5.10. The molecule has 0 radical (unpaired) electrons. The van der Waals surface area contributed by atoms with Crippen molar-refractivity contribution in [3.8, 4) is 17.0 Å². The molecule has 4 aromatic rings. The van der Waals surface area contributed by atoms with Crippen LogP contribution in [0, 0.1) is 0 Å². The van der Waals surface area contributed by atoms with Crippen LogP contribution in [-0.2, 0) is 27.4 Å². The lowest BCUT2D eigenvalue weighted by molar-refractivity contribution is -0.111. The molecule has 2 aromatic heterocycles. The predicted octanol–water partition coefficient (Wildman–Crippen LogP) is 6.59. The van der Waals surface area contributed by atoms with E-state index < -0.39 is 0 Å². The molecule has 0 bridgehead atoms. The van der Waals surface area contributed by atoms with E-state index in [4.69, 9.17) is 19.2 Å². The number of nitrogens with zero attached hydrogens (tertiary/aromatic N) is 5. The van der Waals surface area contributed by atoms with E-state index in [-0.39, 0.29) is 30.2 Å². The first kappa shape index (κ1) is 34.2. The molecule has 0 saturated heterocycles. The second-order valence-corrected chi connectivity index (χ2v) is 12.9. The molecule has 0 aliphatic carbocycles. The molecule has 1 aliphatic heterocycles. The highest BCUT2D eigenvalue weighted by atomic mass is 16.6. The fourth-order valence-electron chi connectivity index (χ4n) is 6.21. The summed E-state index contributed by atoms with van der Waals surface area (Å²) in [6.45, 7) is 15.9. The number of carbonyl (C=O) groups excluding carboxylic acids is 2. The third kappa shape index (κ3) is 7.23. The van der Waals surface area contributed by atoms with Crippen LogP contribution in [0.15, 0.2) is 61.3 Å². The van der Waals surface area contributed by atoms with Gasteiger partial charge >= 0.3 is 6.09 Å². The highest BCUT2D eigenvalue weighted by molar-refractivity contribution is 6.02. The zero-order valence-electron chi connectivity index (χ0n) is 28.8. The molecule has 0 atom stereocenters. The molecule has 0 unspecified atom stereocenters. The lowest BCUT2D eigenvalue weighted by Gasteiger charge is -2.38. The van der Waals surface area contributed by atoms with Crippen molar-refractivity contribution < 1.29 is 23.8 Å². The van der Waals surface area contributed by atoms with Gasteiger partial charge in [0.1, 0.15) is 12.4 Å². The van der Waals surface area contributed by atoms with E-state index in [2.05, 4.69) is 38.9 Å². The normalized spacial score (nSPS) is 12.8. The van der Waals surface area contributed by atoms with Crippen molar-refractivity contribution in [2.24, 2.45) is 0 Å². The van der Waals surface area contributed by atoms with Crippen LogP contribution in [0.5, 0.6) is 5.75 Å². The zero-order chi connectivity index (χ0) is 34.6. The van der Waals surface area contributed by atoms with Gasteiger partial charge in [0.05, 0.1) is 55.3 Å². The number of benzene rings is 2. The summed E-state index contributed by atoms with van der Waals surface area (Å²) < 4.78 is 19.6. The maximum absolute atomic E-state index is 12.9. The first-order valence-electron chi connectivity index (χ1n) is 16.0. The molecule has 2 amide bonds. The summed E-state index contributed by atoms with van der Waals surface area (Å²) >= 11 is 0. The van der Waals surface area contributed by atoms with Crippen molar-refractivity contribution in [2.45, 2.75) is 59.4 Å². The molecule has 1 aliphatic rings. The molecular weight excluding hydrogens is 610 g/mol. The van der Waals surface area contributed by atoms with Gasteiger partial charge in [-0.3, -0.25) is 4.79 Å². The second kappa shape index (κ2) is 14.3. The average molecular weight is 656 g/mol. The fourth-order valence-corrected chi connectivity index (χ4v) is 6.21. The standard InChI is InChI=1S/C36H45N7O5/c1-9-32(44)38-26-20-27(31(46-8)21-29(26)41(7)16-19-48-35(45)43(23(2)3)36(4,5)6)40-34-37-15-14-25(39-34)33-24-12-10-11-13-28(24)42-17-18-47-22-30(33)42/h9-15,20-21,23H,1,16-19,22H2,2-8H3,(H,38,44)(H,37,39,40). The topological polar surface area (TPSA) is 123 Å². The number of anilines is 4. The van der Waals surface area contributed by atoms with Crippen LogP contribution in [0.4, 0.5) is 27.8 Å². The van der Waals surface area contributed by atoms with Crippen molar-refractivity contribution in [1.29, 1.82) is 0 Å². The molecule has 0 fully saturated rings. The number of ether oxygens (including phenoxy) is 3. The lowest BCUT2D eigenvalue weighted by Crippen LogP contribution is -2.50. The van der Waals surface area contributed by atoms with Gasteiger partial charge in [-0.1, -0.05) is 24.8 Å². The van der Waals surface area contributed by atoms with Crippen molar-refractivity contribution >= 4 is 45.9 Å². The van der Waals surface area contributed by atoms with E-state index in [9.17, 15) is 9.59 Å². The molecule has 2 N–H and O–H groups in total. The summed E-state index contributed by atoms with van der Waals surface area (Å²) in [4.78, 5) is 38.4. The van der Waals surface area contributed by atoms with Crippen molar-refractivity contribution in [2.75, 3.05) is 49.4 Å². The van der Waals surface area contributed by atoms with E-state index in [1.165, 1.54) is 6.08 Å². The van der Waals surface area contributed by atoms with E-state index in [0.29, 0.717) is 48.5 Å². The van der Waals surface area contributed by atoms with Crippen LogP contribution >= 0.6 is 0 Å². The molecule has 48 heavy (non-hydrogen) atoms. The zero-order valence-corrected chi connectivity index (χ0v) is 28.8. The molecule has 3 heterocycles. The molecular formula is C36H45N7O5. The van der Waals surface area contributed by atoms with E-state index >= 15 is 0 Å². The van der Waals surface area contributed by atoms with Crippen molar-refractivity contribution in [3.63, 3.8) is 0 Å². The minimum absolute atomic E-state index is 0.0211.